The molecule has 0 atom stereocenters. The van der Waals surface area contributed by atoms with Crippen molar-refractivity contribution in [1.82, 2.24) is 14.5 Å². The molecule has 0 aliphatic carbocycles. The van der Waals surface area contributed by atoms with E-state index in [0.29, 0.717) is 28.5 Å². The van der Waals surface area contributed by atoms with Gasteiger partial charge in [0, 0.05) is 20.1 Å². The lowest BCUT2D eigenvalue weighted by molar-refractivity contribution is -0.127. The lowest BCUT2D eigenvalue weighted by atomic mass is 10.2. The molecule has 3 rings (SSSR count). The Bertz CT molecular complexity index is 1050. The minimum Gasteiger partial charge on any atom is -0.435 e. The van der Waals surface area contributed by atoms with Crippen LogP contribution in [0.3, 0.4) is 0 Å². The first-order valence-corrected chi connectivity index (χ1v) is 10.6. The Morgan fingerprint density at radius 2 is 2.03 bits per heavy atom. The van der Waals surface area contributed by atoms with Crippen LogP contribution in [0.5, 0.6) is 5.75 Å². The maximum Gasteiger partial charge on any atom is 0.387 e. The molecule has 29 heavy (non-hydrogen) atoms. The van der Waals surface area contributed by atoms with E-state index in [2.05, 4.69) is 9.72 Å². The van der Waals surface area contributed by atoms with Crippen LogP contribution in [0.1, 0.15) is 12.5 Å². The molecule has 0 radical (unpaired) electrons. The first-order chi connectivity index (χ1) is 13.9. The number of hydrogen-bond donors (Lipinski definition) is 0. The quantitative estimate of drug-likeness (QED) is 0.394. The van der Waals surface area contributed by atoms with E-state index in [1.54, 1.807) is 29.8 Å². The van der Waals surface area contributed by atoms with Gasteiger partial charge < -0.3 is 9.64 Å². The molecule has 0 saturated heterocycles. The number of thiophene rings is 1. The standard InChI is InChI=1S/C19H19F2N3O3S2/c1-3-24-17(26)16-14(8-9-28-16)22-19(24)29-11-15(25)23(2)10-12-4-6-13(7-5-12)27-18(20)21/h4-9,18H,3,10-11H2,1-2H3. The lowest BCUT2D eigenvalue weighted by Gasteiger charge is -2.18. The van der Waals surface area contributed by atoms with Crippen molar-refractivity contribution in [2.24, 2.45) is 0 Å². The van der Waals surface area contributed by atoms with Gasteiger partial charge in [0.15, 0.2) is 5.16 Å². The summed E-state index contributed by atoms with van der Waals surface area (Å²) in [5.41, 5.74) is 1.33. The summed E-state index contributed by atoms with van der Waals surface area (Å²) in [5, 5.41) is 2.34. The fourth-order valence-corrected chi connectivity index (χ4v) is 4.47. The number of benzene rings is 1. The molecule has 0 aliphatic heterocycles. The zero-order valence-electron chi connectivity index (χ0n) is 15.8. The zero-order chi connectivity index (χ0) is 21.0. The number of ether oxygens (including phenoxy) is 1. The predicted octanol–water partition coefficient (Wildman–Crippen LogP) is 3.83. The predicted molar refractivity (Wildman–Crippen MR) is 110 cm³/mol. The topological polar surface area (TPSA) is 64.4 Å². The number of amides is 1. The number of rotatable bonds is 8. The van der Waals surface area contributed by atoms with E-state index in [1.165, 1.54) is 40.1 Å². The summed E-state index contributed by atoms with van der Waals surface area (Å²) >= 11 is 2.58. The average Bonchev–Trinajstić information content (AvgIpc) is 3.16. The molecule has 6 nitrogen and oxygen atoms in total. The second-order valence-corrected chi connectivity index (χ2v) is 8.00. The molecule has 0 N–H and O–H groups in total. The third kappa shape index (κ3) is 5.13. The third-order valence-electron chi connectivity index (χ3n) is 4.17. The minimum absolute atomic E-state index is 0.0701. The van der Waals surface area contributed by atoms with Crippen LogP contribution in [0, 0.1) is 0 Å². The number of alkyl halides is 2. The van der Waals surface area contributed by atoms with Crippen molar-refractivity contribution >= 4 is 39.2 Å². The van der Waals surface area contributed by atoms with Gasteiger partial charge in [-0.05, 0) is 36.1 Å². The van der Waals surface area contributed by atoms with Gasteiger partial charge in [-0.25, -0.2) is 4.98 Å². The van der Waals surface area contributed by atoms with Crippen molar-refractivity contribution in [3.8, 4) is 5.75 Å². The van der Waals surface area contributed by atoms with Crippen LogP contribution in [0.2, 0.25) is 0 Å². The van der Waals surface area contributed by atoms with Gasteiger partial charge in [0.1, 0.15) is 10.4 Å². The number of halogens is 2. The molecular formula is C19H19F2N3O3S2. The van der Waals surface area contributed by atoms with Crippen molar-refractivity contribution in [2.75, 3.05) is 12.8 Å². The summed E-state index contributed by atoms with van der Waals surface area (Å²) in [6.07, 6.45) is 0. The maximum absolute atomic E-state index is 12.5. The summed E-state index contributed by atoms with van der Waals surface area (Å²) in [4.78, 5) is 31.1. The normalized spacial score (nSPS) is 11.2. The Balaban J connectivity index is 1.63. The Morgan fingerprint density at radius 1 is 1.31 bits per heavy atom. The average molecular weight is 440 g/mol. The second-order valence-electron chi connectivity index (χ2n) is 6.14. The summed E-state index contributed by atoms with van der Waals surface area (Å²) < 4.78 is 30.9. The van der Waals surface area contributed by atoms with Gasteiger partial charge in [-0.3, -0.25) is 14.2 Å². The van der Waals surface area contributed by atoms with E-state index in [4.69, 9.17) is 0 Å². The number of carbonyl (C=O) groups is 1. The Morgan fingerprint density at radius 3 is 2.69 bits per heavy atom. The molecule has 154 valence electrons. The molecule has 0 fully saturated rings. The highest BCUT2D eigenvalue weighted by atomic mass is 32.2. The van der Waals surface area contributed by atoms with Gasteiger partial charge in [0.2, 0.25) is 5.91 Å². The number of hydrogen-bond acceptors (Lipinski definition) is 6. The molecular weight excluding hydrogens is 420 g/mol. The number of aromatic nitrogens is 2. The lowest BCUT2D eigenvalue weighted by Crippen LogP contribution is -2.28. The van der Waals surface area contributed by atoms with Crippen molar-refractivity contribution < 1.29 is 18.3 Å². The molecule has 0 saturated carbocycles. The maximum atomic E-state index is 12.5. The van der Waals surface area contributed by atoms with Crippen molar-refractivity contribution in [1.29, 1.82) is 0 Å². The van der Waals surface area contributed by atoms with Crippen LogP contribution in [-0.4, -0.2) is 39.8 Å². The van der Waals surface area contributed by atoms with Gasteiger partial charge in [-0.15, -0.1) is 11.3 Å². The van der Waals surface area contributed by atoms with Gasteiger partial charge in [-0.2, -0.15) is 8.78 Å². The van der Waals surface area contributed by atoms with Crippen LogP contribution in [-0.2, 0) is 17.9 Å². The summed E-state index contributed by atoms with van der Waals surface area (Å²) in [6.45, 7) is -0.211. The van der Waals surface area contributed by atoms with Crippen molar-refractivity contribution in [2.45, 2.75) is 31.8 Å². The van der Waals surface area contributed by atoms with E-state index in [9.17, 15) is 18.4 Å². The fourth-order valence-electron chi connectivity index (χ4n) is 2.69. The highest BCUT2D eigenvalue weighted by Crippen LogP contribution is 2.21. The Labute approximate surface area is 174 Å². The molecule has 1 amide bonds. The summed E-state index contributed by atoms with van der Waals surface area (Å²) in [5.74, 6) is 0.0662. The molecule has 1 aromatic carbocycles. The number of thioether (sulfide) groups is 1. The molecule has 0 spiro atoms. The molecule has 0 aliphatic rings. The molecule has 0 bridgehead atoms. The van der Waals surface area contributed by atoms with Crippen molar-refractivity contribution in [3.05, 3.63) is 51.6 Å². The fraction of sp³-hybridized carbons (Fsp3) is 0.316. The molecule has 0 unspecified atom stereocenters. The van der Waals surface area contributed by atoms with E-state index < -0.39 is 6.61 Å². The molecule has 2 heterocycles. The van der Waals surface area contributed by atoms with E-state index in [-0.39, 0.29) is 23.0 Å². The van der Waals surface area contributed by atoms with Gasteiger partial charge in [-0.1, -0.05) is 23.9 Å². The van der Waals surface area contributed by atoms with Crippen molar-refractivity contribution in [3.63, 3.8) is 0 Å². The van der Waals surface area contributed by atoms with Crippen LogP contribution >= 0.6 is 23.1 Å². The molecule has 3 aromatic rings. The Kier molecular flexibility index (Phi) is 6.86. The van der Waals surface area contributed by atoms with E-state index in [1.807, 2.05) is 12.3 Å². The number of fused-ring (bicyclic) bond motifs is 1. The third-order valence-corrected chi connectivity index (χ3v) is 6.02. The van der Waals surface area contributed by atoms with Gasteiger partial charge >= 0.3 is 6.61 Å². The second kappa shape index (κ2) is 9.36. The minimum atomic E-state index is -2.87. The monoisotopic (exact) mass is 439 g/mol. The number of carbonyl (C=O) groups excluding carboxylic acids is 1. The number of nitrogens with zero attached hydrogens (tertiary/aromatic N) is 3. The van der Waals surface area contributed by atoms with Crippen LogP contribution in [0.15, 0.2) is 45.7 Å². The molecule has 2 aromatic heterocycles. The smallest absolute Gasteiger partial charge is 0.387 e. The Hall–Kier alpha value is -2.46. The van der Waals surface area contributed by atoms with Gasteiger partial charge in [0.25, 0.3) is 5.56 Å². The first kappa shape index (κ1) is 21.3. The highest BCUT2D eigenvalue weighted by Gasteiger charge is 2.15. The van der Waals surface area contributed by atoms with E-state index in [0.717, 1.165) is 5.56 Å². The van der Waals surface area contributed by atoms with Crippen LogP contribution in [0.4, 0.5) is 8.78 Å². The largest absolute Gasteiger partial charge is 0.435 e. The SMILES string of the molecule is CCn1c(SCC(=O)N(C)Cc2ccc(OC(F)F)cc2)nc2ccsc2c1=O. The summed E-state index contributed by atoms with van der Waals surface area (Å²) in [6, 6.07) is 7.94. The zero-order valence-corrected chi connectivity index (χ0v) is 17.4. The summed E-state index contributed by atoms with van der Waals surface area (Å²) in [7, 11) is 1.66. The van der Waals surface area contributed by atoms with E-state index >= 15 is 0 Å². The van der Waals surface area contributed by atoms with Crippen LogP contribution < -0.4 is 10.3 Å². The molecule has 10 heteroatoms. The van der Waals surface area contributed by atoms with Gasteiger partial charge in [0.05, 0.1) is 11.3 Å². The highest BCUT2D eigenvalue weighted by molar-refractivity contribution is 7.99. The van der Waals surface area contributed by atoms with Crippen LogP contribution in [0.25, 0.3) is 10.2 Å². The first-order valence-electron chi connectivity index (χ1n) is 8.77.